The van der Waals surface area contributed by atoms with Gasteiger partial charge in [0.05, 0.1) is 11.9 Å². The molecule has 0 saturated carbocycles. The normalized spacial score (nSPS) is 20.2. The van der Waals surface area contributed by atoms with Crippen LogP contribution in [-0.4, -0.2) is 48.3 Å². The third-order valence-electron chi connectivity index (χ3n) is 4.29. The van der Waals surface area contributed by atoms with Crippen LogP contribution in [0.5, 0.6) is 0 Å². The smallest absolute Gasteiger partial charge is 0.328 e. The van der Waals surface area contributed by atoms with Gasteiger partial charge < -0.3 is 10.0 Å². The summed E-state index contributed by atoms with van der Waals surface area (Å²) in [4.78, 5) is 31.1. The summed E-state index contributed by atoms with van der Waals surface area (Å²) in [6.45, 7) is 2.41. The van der Waals surface area contributed by atoms with Gasteiger partial charge in [0.1, 0.15) is 5.82 Å². The molecule has 3 rings (SSSR count). The molecule has 7 nitrogen and oxygen atoms in total. The van der Waals surface area contributed by atoms with Crippen LogP contribution in [0.3, 0.4) is 0 Å². The number of imide groups is 1. The highest BCUT2D eigenvalue weighted by molar-refractivity contribution is 6.05. The van der Waals surface area contributed by atoms with Gasteiger partial charge in [0, 0.05) is 32.7 Å². The number of nitrogens with one attached hydrogen (secondary N) is 1. The highest BCUT2D eigenvalue weighted by atomic mass is 16.3. The number of urea groups is 1. The van der Waals surface area contributed by atoms with Gasteiger partial charge in [-0.2, -0.15) is 0 Å². The lowest BCUT2D eigenvalue weighted by Gasteiger charge is -2.32. The van der Waals surface area contributed by atoms with Crippen LogP contribution < -0.4 is 15.1 Å². The van der Waals surface area contributed by atoms with Crippen LogP contribution in [0.4, 0.5) is 16.3 Å². The number of aliphatic hydroxyl groups excluding tert-OH is 1. The van der Waals surface area contributed by atoms with E-state index in [1.54, 1.807) is 6.20 Å². The van der Waals surface area contributed by atoms with Gasteiger partial charge >= 0.3 is 6.03 Å². The maximum absolute atomic E-state index is 11.8. The number of anilines is 2. The van der Waals surface area contributed by atoms with Crippen LogP contribution in [0.25, 0.3) is 0 Å². The van der Waals surface area contributed by atoms with Crippen molar-refractivity contribution in [3.8, 4) is 0 Å². The third-order valence-corrected chi connectivity index (χ3v) is 4.29. The second-order valence-corrected chi connectivity index (χ2v) is 5.74. The Labute approximate surface area is 128 Å². The standard InChI is InChI=1S/C15H20N4O3/c20-10-11-3-6-18(7-4-11)13-2-1-12(9-16-13)19-8-5-14(21)17-15(19)22/h1-2,9,11,20H,3-8,10H2,(H,17,21,22). The number of piperidine rings is 1. The molecule has 0 radical (unpaired) electrons. The van der Waals surface area contributed by atoms with Gasteiger partial charge in [-0.1, -0.05) is 0 Å². The Hall–Kier alpha value is -2.15. The van der Waals surface area contributed by atoms with Gasteiger partial charge in [-0.05, 0) is 30.9 Å². The Morgan fingerprint density at radius 3 is 2.59 bits per heavy atom. The van der Waals surface area contributed by atoms with Crippen LogP contribution in [0.15, 0.2) is 18.3 Å². The van der Waals surface area contributed by atoms with Crippen LogP contribution in [0.1, 0.15) is 19.3 Å². The Morgan fingerprint density at radius 1 is 1.23 bits per heavy atom. The number of pyridine rings is 1. The fraction of sp³-hybridized carbons (Fsp3) is 0.533. The van der Waals surface area contributed by atoms with Gasteiger partial charge in [-0.15, -0.1) is 0 Å². The fourth-order valence-corrected chi connectivity index (χ4v) is 2.88. The van der Waals surface area contributed by atoms with Crippen molar-refractivity contribution in [3.63, 3.8) is 0 Å². The van der Waals surface area contributed by atoms with Gasteiger partial charge in [0.15, 0.2) is 0 Å². The lowest BCUT2D eigenvalue weighted by molar-refractivity contribution is -0.120. The SMILES string of the molecule is O=C1CCN(c2ccc(N3CCC(CO)CC3)nc2)C(=O)N1. The molecule has 22 heavy (non-hydrogen) atoms. The largest absolute Gasteiger partial charge is 0.396 e. The van der Waals surface area contributed by atoms with E-state index in [9.17, 15) is 14.7 Å². The molecule has 2 aliphatic heterocycles. The molecule has 0 aromatic carbocycles. The van der Waals surface area contributed by atoms with E-state index in [0.29, 0.717) is 24.6 Å². The predicted molar refractivity (Wildman–Crippen MR) is 81.8 cm³/mol. The third kappa shape index (κ3) is 3.04. The minimum Gasteiger partial charge on any atom is -0.396 e. The van der Waals surface area contributed by atoms with Crippen molar-refractivity contribution < 1.29 is 14.7 Å². The highest BCUT2D eigenvalue weighted by Crippen LogP contribution is 2.24. The summed E-state index contributed by atoms with van der Waals surface area (Å²) in [5, 5.41) is 11.5. The average Bonchev–Trinajstić information content (AvgIpc) is 2.55. The zero-order chi connectivity index (χ0) is 15.5. The average molecular weight is 304 g/mol. The van der Waals surface area contributed by atoms with E-state index in [2.05, 4.69) is 15.2 Å². The highest BCUT2D eigenvalue weighted by Gasteiger charge is 2.25. The molecule has 0 bridgehead atoms. The van der Waals surface area contributed by atoms with Crippen LogP contribution in [-0.2, 0) is 4.79 Å². The van der Waals surface area contributed by atoms with Crippen molar-refractivity contribution in [2.24, 2.45) is 5.92 Å². The lowest BCUT2D eigenvalue weighted by Crippen LogP contribution is -2.49. The zero-order valence-corrected chi connectivity index (χ0v) is 12.4. The van der Waals surface area contributed by atoms with Crippen molar-refractivity contribution in [3.05, 3.63) is 18.3 Å². The summed E-state index contributed by atoms with van der Waals surface area (Å²) in [7, 11) is 0. The monoisotopic (exact) mass is 304 g/mol. The lowest BCUT2D eigenvalue weighted by atomic mass is 9.98. The van der Waals surface area contributed by atoms with Crippen molar-refractivity contribution >= 4 is 23.4 Å². The molecule has 7 heteroatoms. The summed E-state index contributed by atoms with van der Waals surface area (Å²) in [5.41, 5.74) is 0.694. The first-order valence-corrected chi connectivity index (χ1v) is 7.60. The summed E-state index contributed by atoms with van der Waals surface area (Å²) in [5.74, 6) is 1.04. The summed E-state index contributed by atoms with van der Waals surface area (Å²) >= 11 is 0. The van der Waals surface area contributed by atoms with Crippen molar-refractivity contribution in [2.45, 2.75) is 19.3 Å². The Balaban J connectivity index is 1.65. The molecule has 2 saturated heterocycles. The minimum absolute atomic E-state index is 0.238. The summed E-state index contributed by atoms with van der Waals surface area (Å²) in [6, 6.07) is 3.36. The Morgan fingerprint density at radius 2 is 2.00 bits per heavy atom. The van der Waals surface area contributed by atoms with E-state index in [1.807, 2.05) is 12.1 Å². The molecule has 3 amide bonds. The van der Waals surface area contributed by atoms with E-state index < -0.39 is 6.03 Å². The van der Waals surface area contributed by atoms with Gasteiger partial charge in [-0.3, -0.25) is 15.0 Å². The molecule has 2 N–H and O–H groups in total. The van der Waals surface area contributed by atoms with Crippen molar-refractivity contribution in [1.29, 1.82) is 0 Å². The fourth-order valence-electron chi connectivity index (χ4n) is 2.88. The quantitative estimate of drug-likeness (QED) is 0.860. The minimum atomic E-state index is -0.394. The number of nitrogens with zero attached hydrogens (tertiary/aromatic N) is 3. The molecular weight excluding hydrogens is 284 g/mol. The number of carbonyl (C=O) groups excluding carboxylic acids is 2. The number of aliphatic hydroxyl groups is 1. The van der Waals surface area contributed by atoms with Gasteiger partial charge in [-0.25, -0.2) is 9.78 Å². The number of hydrogen-bond acceptors (Lipinski definition) is 5. The second kappa shape index (κ2) is 6.31. The van der Waals surface area contributed by atoms with E-state index in [1.165, 1.54) is 4.90 Å². The Bertz CT molecular complexity index is 552. The topological polar surface area (TPSA) is 85.8 Å². The van der Waals surface area contributed by atoms with E-state index >= 15 is 0 Å². The van der Waals surface area contributed by atoms with E-state index in [4.69, 9.17) is 0 Å². The number of amides is 3. The molecule has 118 valence electrons. The maximum atomic E-state index is 11.8. The number of hydrogen-bond donors (Lipinski definition) is 2. The first-order valence-electron chi connectivity index (χ1n) is 7.60. The first-order chi connectivity index (χ1) is 10.7. The summed E-state index contributed by atoms with van der Waals surface area (Å²) < 4.78 is 0. The molecule has 1 aromatic heterocycles. The number of rotatable bonds is 3. The summed E-state index contributed by atoms with van der Waals surface area (Å²) in [6.07, 6.45) is 3.91. The number of aromatic nitrogens is 1. The predicted octanol–water partition coefficient (Wildman–Crippen LogP) is 0.737. The molecule has 0 aliphatic carbocycles. The van der Waals surface area contributed by atoms with Crippen LogP contribution in [0, 0.1) is 5.92 Å². The maximum Gasteiger partial charge on any atom is 0.328 e. The molecular formula is C15H20N4O3. The Kier molecular flexibility index (Phi) is 4.24. The van der Waals surface area contributed by atoms with E-state index in [-0.39, 0.29) is 12.5 Å². The molecule has 3 heterocycles. The second-order valence-electron chi connectivity index (χ2n) is 5.74. The molecule has 0 unspecified atom stereocenters. The van der Waals surface area contributed by atoms with E-state index in [0.717, 1.165) is 31.7 Å². The molecule has 2 fully saturated rings. The van der Waals surface area contributed by atoms with Crippen LogP contribution >= 0.6 is 0 Å². The van der Waals surface area contributed by atoms with Crippen molar-refractivity contribution in [2.75, 3.05) is 36.0 Å². The van der Waals surface area contributed by atoms with Crippen LogP contribution in [0.2, 0.25) is 0 Å². The zero-order valence-electron chi connectivity index (χ0n) is 12.4. The first kappa shape index (κ1) is 14.8. The molecule has 0 atom stereocenters. The molecule has 0 spiro atoms. The van der Waals surface area contributed by atoms with Crippen molar-refractivity contribution in [1.82, 2.24) is 10.3 Å². The molecule has 1 aromatic rings. The molecule has 2 aliphatic rings. The van der Waals surface area contributed by atoms with Gasteiger partial charge in [0.2, 0.25) is 5.91 Å². The van der Waals surface area contributed by atoms with Gasteiger partial charge in [0.25, 0.3) is 0 Å². The number of carbonyl (C=O) groups is 2.